The van der Waals surface area contributed by atoms with Crippen molar-refractivity contribution < 1.29 is 123 Å². The molecule has 0 aliphatic rings. The molecule has 580 valence electrons. The smallest absolute Gasteiger partial charge is 0.407 e. The third-order valence-corrected chi connectivity index (χ3v) is 13.2. The minimum Gasteiger partial charge on any atom is -0.444 e. The van der Waals surface area contributed by atoms with Gasteiger partial charge >= 0.3 is 6.09 Å². The highest BCUT2D eigenvalue weighted by Crippen LogP contribution is 2.13. The Hall–Kier alpha value is -2.18. The summed E-state index contributed by atoms with van der Waals surface area (Å²) in [7, 11) is 0. The second-order valence-electron chi connectivity index (χ2n) is 22.9. The molecule has 2 N–H and O–H groups in total. The molecule has 0 saturated carbocycles. The van der Waals surface area contributed by atoms with Gasteiger partial charge < -0.3 is 124 Å². The summed E-state index contributed by atoms with van der Waals surface area (Å²) < 4.78 is 132. The maximum Gasteiger partial charge on any atom is 0.407 e. The number of alkyl carbamates (subject to hydrolysis) is 1. The SMILES string of the molecule is CCCCCCCCCCCCCCCC(=O)NCCOCCOCCOCCOCCOCCOCCOCCOCCOCCOCCOCCOCCOCCOCCOCCOCCOCCOCCOCCOCCOCCOCCOCCNC(=O)OC(C)(C)C. The van der Waals surface area contributed by atoms with Gasteiger partial charge in [-0.05, 0) is 27.2 Å². The van der Waals surface area contributed by atoms with E-state index in [0.717, 1.165) is 12.8 Å². The molecule has 0 bridgehead atoms. The fourth-order valence-corrected chi connectivity index (χ4v) is 8.13. The van der Waals surface area contributed by atoms with Gasteiger partial charge in [0.2, 0.25) is 5.91 Å². The maximum atomic E-state index is 12.0. The summed E-state index contributed by atoms with van der Waals surface area (Å²) in [6.45, 7) is 30.6. The summed E-state index contributed by atoms with van der Waals surface area (Å²) in [4.78, 5) is 23.6. The van der Waals surface area contributed by atoms with Crippen LogP contribution in [-0.2, 0) is 118 Å². The van der Waals surface area contributed by atoms with E-state index in [-0.39, 0.29) is 5.91 Å². The predicted molar refractivity (Wildman–Crippen MR) is 366 cm³/mol. The highest BCUT2D eigenvalue weighted by Gasteiger charge is 2.15. The molecule has 28 heteroatoms. The van der Waals surface area contributed by atoms with E-state index in [1.165, 1.54) is 70.6 Å². The molecule has 97 heavy (non-hydrogen) atoms. The van der Waals surface area contributed by atoms with Crippen molar-refractivity contribution in [2.24, 2.45) is 0 Å². The van der Waals surface area contributed by atoms with Crippen LogP contribution in [0.4, 0.5) is 4.79 Å². The van der Waals surface area contributed by atoms with E-state index in [4.69, 9.17) is 114 Å². The maximum absolute atomic E-state index is 12.0. The van der Waals surface area contributed by atoms with Crippen LogP contribution in [0.25, 0.3) is 0 Å². The Morgan fingerprint density at radius 1 is 0.216 bits per heavy atom. The summed E-state index contributed by atoms with van der Waals surface area (Å²) in [6, 6.07) is 0. The Labute approximate surface area is 584 Å². The van der Waals surface area contributed by atoms with Crippen LogP contribution in [0.5, 0.6) is 0 Å². The van der Waals surface area contributed by atoms with E-state index in [0.29, 0.717) is 323 Å². The topological polar surface area (TPSA) is 280 Å². The number of hydrogen-bond acceptors (Lipinski definition) is 26. The van der Waals surface area contributed by atoms with Crippen LogP contribution < -0.4 is 10.6 Å². The number of nitrogens with one attached hydrogen (secondary N) is 2. The van der Waals surface area contributed by atoms with Gasteiger partial charge in [-0.25, -0.2) is 4.79 Å². The zero-order valence-corrected chi connectivity index (χ0v) is 61.0. The van der Waals surface area contributed by atoms with Crippen molar-refractivity contribution >= 4 is 12.0 Å². The van der Waals surface area contributed by atoms with Crippen molar-refractivity contribution in [3.63, 3.8) is 0 Å². The second kappa shape index (κ2) is 84.5. The zero-order chi connectivity index (χ0) is 69.9. The van der Waals surface area contributed by atoms with E-state index >= 15 is 0 Å². The van der Waals surface area contributed by atoms with Crippen molar-refractivity contribution in [2.45, 2.75) is 123 Å². The normalized spacial score (nSPS) is 11.8. The summed E-state index contributed by atoms with van der Waals surface area (Å²) >= 11 is 0. The Morgan fingerprint density at radius 2 is 0.371 bits per heavy atom. The highest BCUT2D eigenvalue weighted by atomic mass is 16.6. The Balaban J connectivity index is 3.12. The first-order valence-electron chi connectivity index (χ1n) is 36.4. The van der Waals surface area contributed by atoms with Gasteiger partial charge in [0.25, 0.3) is 0 Å². The second-order valence-corrected chi connectivity index (χ2v) is 22.9. The van der Waals surface area contributed by atoms with Gasteiger partial charge in [0.15, 0.2) is 0 Å². The highest BCUT2D eigenvalue weighted by molar-refractivity contribution is 5.75. The predicted octanol–water partition coefficient (Wildman–Crippen LogP) is 6.49. The Bertz CT molecular complexity index is 1500. The molecule has 0 aliphatic heterocycles. The largest absolute Gasteiger partial charge is 0.444 e. The fourth-order valence-electron chi connectivity index (χ4n) is 8.13. The van der Waals surface area contributed by atoms with Crippen molar-refractivity contribution in [1.29, 1.82) is 0 Å². The van der Waals surface area contributed by atoms with Crippen LogP contribution in [0.2, 0.25) is 0 Å². The third-order valence-electron chi connectivity index (χ3n) is 13.2. The summed E-state index contributed by atoms with van der Waals surface area (Å²) in [6.07, 6.45) is 17.1. The van der Waals surface area contributed by atoms with E-state index in [2.05, 4.69) is 17.6 Å². The van der Waals surface area contributed by atoms with Crippen LogP contribution in [0.1, 0.15) is 118 Å². The zero-order valence-electron chi connectivity index (χ0n) is 61.0. The minimum atomic E-state index is -0.522. The van der Waals surface area contributed by atoms with Crippen molar-refractivity contribution in [1.82, 2.24) is 10.6 Å². The van der Waals surface area contributed by atoms with Crippen LogP contribution in [0.15, 0.2) is 0 Å². The monoisotopic (exact) mass is 1410 g/mol. The molecule has 0 spiro atoms. The lowest BCUT2D eigenvalue weighted by molar-refractivity contribution is -0.121. The summed E-state index contributed by atoms with van der Waals surface area (Å²) in [5, 5.41) is 5.57. The van der Waals surface area contributed by atoms with Crippen molar-refractivity contribution in [2.75, 3.05) is 317 Å². The Morgan fingerprint density at radius 3 is 0.546 bits per heavy atom. The molecule has 0 unspecified atom stereocenters. The van der Waals surface area contributed by atoms with E-state index in [1.54, 1.807) is 0 Å². The van der Waals surface area contributed by atoms with Gasteiger partial charge in [0, 0.05) is 19.5 Å². The van der Waals surface area contributed by atoms with Crippen LogP contribution >= 0.6 is 0 Å². The third kappa shape index (κ3) is 89.9. The van der Waals surface area contributed by atoms with Crippen molar-refractivity contribution in [3.8, 4) is 0 Å². The summed E-state index contributed by atoms with van der Waals surface area (Å²) in [5.74, 6) is 0.111. The van der Waals surface area contributed by atoms with E-state index < -0.39 is 11.7 Å². The molecular formula is C69H138N2O26. The number of hydrogen-bond donors (Lipinski definition) is 2. The average Bonchev–Trinajstić information content (AvgIpc) is 3.50. The molecular weight excluding hydrogens is 1270 g/mol. The van der Waals surface area contributed by atoms with Gasteiger partial charge in [-0.1, -0.05) is 84.0 Å². The van der Waals surface area contributed by atoms with Gasteiger partial charge in [0.05, 0.1) is 304 Å². The molecule has 0 aliphatic carbocycles. The van der Waals surface area contributed by atoms with Gasteiger partial charge in [-0.15, -0.1) is 0 Å². The number of unbranched alkanes of at least 4 members (excludes halogenated alkanes) is 12. The number of carbonyl (C=O) groups is 2. The minimum absolute atomic E-state index is 0.111. The lowest BCUT2D eigenvalue weighted by Gasteiger charge is -2.19. The molecule has 0 aromatic carbocycles. The number of ether oxygens (including phenoxy) is 24. The molecule has 0 fully saturated rings. The first-order valence-corrected chi connectivity index (χ1v) is 36.4. The molecule has 0 aromatic heterocycles. The molecule has 0 atom stereocenters. The number of amides is 2. The molecule has 0 saturated heterocycles. The standard InChI is InChI=1S/C69H138N2O26/c1-5-6-7-8-9-10-11-12-13-14-15-16-17-18-67(72)70-19-21-74-23-25-76-27-29-78-31-33-80-35-37-82-39-41-84-43-45-86-47-49-88-51-53-90-55-57-92-59-61-94-63-65-96-66-64-95-62-60-93-58-56-91-54-52-89-50-48-87-46-44-85-42-40-83-38-36-81-34-32-79-30-28-77-26-24-75-22-20-71-68(73)97-69(2,3)4/h5-66H2,1-4H3,(H,70,72)(H,71,73). The van der Waals surface area contributed by atoms with E-state index in [1.807, 2.05) is 20.8 Å². The quantitative estimate of drug-likeness (QED) is 0.0615. The molecule has 0 heterocycles. The van der Waals surface area contributed by atoms with Crippen LogP contribution in [-0.4, -0.2) is 335 Å². The fraction of sp³-hybridized carbons (Fsp3) is 0.971. The first-order chi connectivity index (χ1) is 47.8. The van der Waals surface area contributed by atoms with Gasteiger partial charge in [0.1, 0.15) is 5.60 Å². The van der Waals surface area contributed by atoms with Crippen LogP contribution in [0, 0.1) is 0 Å². The van der Waals surface area contributed by atoms with Crippen molar-refractivity contribution in [3.05, 3.63) is 0 Å². The average molecular weight is 1410 g/mol. The summed E-state index contributed by atoms with van der Waals surface area (Å²) in [5.41, 5.74) is -0.522. The molecule has 2 amide bonds. The van der Waals surface area contributed by atoms with Gasteiger partial charge in [-0.2, -0.15) is 0 Å². The Kier molecular flexibility index (Phi) is 82.6. The molecule has 0 aromatic rings. The number of rotatable bonds is 86. The lowest BCUT2D eigenvalue weighted by atomic mass is 10.0. The molecule has 28 nitrogen and oxygen atoms in total. The van der Waals surface area contributed by atoms with E-state index in [9.17, 15) is 9.59 Å². The molecule has 0 radical (unpaired) electrons. The molecule has 0 rings (SSSR count). The van der Waals surface area contributed by atoms with Gasteiger partial charge in [-0.3, -0.25) is 4.79 Å². The first kappa shape index (κ1) is 94.8. The van der Waals surface area contributed by atoms with Crippen LogP contribution in [0.3, 0.4) is 0 Å². The number of carbonyl (C=O) groups excluding carboxylic acids is 2. The lowest BCUT2D eigenvalue weighted by Crippen LogP contribution is -2.34.